The Balaban J connectivity index is 1.80. The van der Waals surface area contributed by atoms with Gasteiger partial charge in [-0.2, -0.15) is 5.09 Å². The second-order valence-corrected chi connectivity index (χ2v) is 9.97. The minimum absolute atomic E-state index is 0.109. The predicted molar refractivity (Wildman–Crippen MR) is 125 cm³/mol. The Bertz CT molecular complexity index is 1190. The van der Waals surface area contributed by atoms with E-state index in [0.717, 1.165) is 16.8 Å². The van der Waals surface area contributed by atoms with Gasteiger partial charge in [-0.15, -0.1) is 11.6 Å². The molecule has 1 aromatic heterocycles. The monoisotopic (exact) mass is 527 g/mol. The normalized spacial score (nSPS) is 26.6. The van der Waals surface area contributed by atoms with Crippen molar-refractivity contribution in [3.8, 4) is 5.75 Å². The van der Waals surface area contributed by atoms with Crippen LogP contribution in [0.4, 0.5) is 0 Å². The van der Waals surface area contributed by atoms with Crippen LogP contribution >= 0.6 is 19.3 Å². The molecular weight excluding hydrogens is 503 g/mol. The van der Waals surface area contributed by atoms with Crippen molar-refractivity contribution in [2.24, 2.45) is 0 Å². The first-order chi connectivity index (χ1) is 16.5. The van der Waals surface area contributed by atoms with Crippen molar-refractivity contribution in [1.29, 1.82) is 0 Å². The molecule has 2 radical (unpaired) electrons. The molecule has 3 rings (SSSR count). The average Bonchev–Trinajstić information content (AvgIpc) is 3.02. The molecule has 1 aliphatic heterocycles. The number of ether oxygens (including phenoxy) is 2. The van der Waals surface area contributed by atoms with Crippen molar-refractivity contribution >= 4 is 33.2 Å². The molecule has 1 fully saturated rings. The SMILES string of the molecule is [B][C@]1(Cl)[C@H](O)[C@@H](COP(=O)(N[C@@H](C)C(=O)OCC)Oc2ccccc2)O[C@H]1n1ccc(=O)[nH]c1=O. The third-order valence-electron chi connectivity index (χ3n) is 4.96. The van der Waals surface area contributed by atoms with Crippen molar-refractivity contribution in [3.05, 3.63) is 63.4 Å². The van der Waals surface area contributed by atoms with Gasteiger partial charge >= 0.3 is 19.4 Å². The number of hydrogen-bond donors (Lipinski definition) is 3. The van der Waals surface area contributed by atoms with E-state index in [0.29, 0.717) is 0 Å². The summed E-state index contributed by atoms with van der Waals surface area (Å²) in [6.07, 6.45) is -3.16. The smallest absolute Gasteiger partial charge is 0.459 e. The number of H-pyrrole nitrogens is 1. The van der Waals surface area contributed by atoms with Crippen molar-refractivity contribution in [2.75, 3.05) is 13.2 Å². The van der Waals surface area contributed by atoms with Crippen LogP contribution in [-0.2, 0) is 23.4 Å². The number of esters is 1. The van der Waals surface area contributed by atoms with Crippen molar-refractivity contribution in [1.82, 2.24) is 14.6 Å². The number of rotatable bonds is 10. The van der Waals surface area contributed by atoms with Crippen LogP contribution < -0.4 is 20.9 Å². The van der Waals surface area contributed by atoms with E-state index in [-0.39, 0.29) is 12.4 Å². The number of hydrogen-bond acceptors (Lipinski definition) is 9. The second kappa shape index (κ2) is 11.1. The molecule has 1 aliphatic rings. The summed E-state index contributed by atoms with van der Waals surface area (Å²) < 4.78 is 34.0. The number of carbonyl (C=O) groups is 1. The van der Waals surface area contributed by atoms with Crippen LogP contribution in [0.3, 0.4) is 0 Å². The zero-order valence-corrected chi connectivity index (χ0v) is 20.5. The van der Waals surface area contributed by atoms with Gasteiger partial charge in [-0.25, -0.2) is 9.36 Å². The molecule has 12 nitrogen and oxygen atoms in total. The lowest BCUT2D eigenvalue weighted by atomic mass is 9.79. The van der Waals surface area contributed by atoms with Crippen LogP contribution in [0.5, 0.6) is 5.75 Å². The molecule has 3 N–H and O–H groups in total. The molecule has 0 spiro atoms. The zero-order valence-electron chi connectivity index (χ0n) is 18.8. The van der Waals surface area contributed by atoms with Gasteiger partial charge in [-0.05, 0) is 26.0 Å². The lowest BCUT2D eigenvalue weighted by Crippen LogP contribution is -2.45. The van der Waals surface area contributed by atoms with E-state index in [1.807, 2.05) is 4.98 Å². The molecular formula is C20H24BClN3O9P. The first-order valence-corrected chi connectivity index (χ1v) is 12.5. The van der Waals surface area contributed by atoms with Gasteiger partial charge in [-0.1, -0.05) is 18.2 Å². The van der Waals surface area contributed by atoms with Crippen LogP contribution in [0.15, 0.2) is 52.2 Å². The molecule has 0 aliphatic carbocycles. The zero-order chi connectivity index (χ0) is 25.8. The number of halogens is 1. The highest BCUT2D eigenvalue weighted by Crippen LogP contribution is 2.47. The Morgan fingerprint density at radius 1 is 1.37 bits per heavy atom. The molecule has 188 valence electrons. The van der Waals surface area contributed by atoms with Crippen molar-refractivity contribution in [2.45, 2.75) is 43.1 Å². The Morgan fingerprint density at radius 3 is 2.69 bits per heavy atom. The number of aliphatic hydroxyl groups is 1. The highest BCUT2D eigenvalue weighted by Gasteiger charge is 2.53. The van der Waals surface area contributed by atoms with Crippen LogP contribution in [-0.4, -0.2) is 64.7 Å². The summed E-state index contributed by atoms with van der Waals surface area (Å²) in [6, 6.07) is 8.02. The van der Waals surface area contributed by atoms with Gasteiger partial charge < -0.3 is 19.1 Å². The number of para-hydroxylation sites is 1. The number of nitrogens with zero attached hydrogens (tertiary/aromatic N) is 1. The van der Waals surface area contributed by atoms with Crippen molar-refractivity contribution in [3.63, 3.8) is 0 Å². The van der Waals surface area contributed by atoms with Crippen LogP contribution in [0.1, 0.15) is 20.1 Å². The van der Waals surface area contributed by atoms with Gasteiger partial charge in [0.25, 0.3) is 5.56 Å². The summed E-state index contributed by atoms with van der Waals surface area (Å²) in [5.74, 6) is -0.514. The minimum atomic E-state index is -4.25. The summed E-state index contributed by atoms with van der Waals surface area (Å²) in [7, 11) is 1.77. The summed E-state index contributed by atoms with van der Waals surface area (Å²) >= 11 is 6.28. The lowest BCUT2D eigenvalue weighted by Gasteiger charge is -2.27. The molecule has 0 bridgehead atoms. The van der Waals surface area contributed by atoms with Crippen LogP contribution in [0.25, 0.3) is 0 Å². The Hall–Kier alpha value is -2.41. The van der Waals surface area contributed by atoms with Gasteiger partial charge in [-0.3, -0.25) is 23.7 Å². The first kappa shape index (κ1) is 27.2. The van der Waals surface area contributed by atoms with Crippen LogP contribution in [0, 0.1) is 0 Å². The topological polar surface area (TPSA) is 158 Å². The Labute approximate surface area is 206 Å². The standard InChI is InChI=1S/C20H24BClN3O9P/c1-3-31-17(28)12(2)24-35(30,34-13-7-5-4-6-8-13)32-11-14-16(27)20(21,22)18(33-14)25-10-9-15(26)23-19(25)29/h4-10,12,14,16,18,27H,3,11H2,1-2H3,(H,24,30)(H,23,26,29)/t12-,14+,16+,18+,20-,35?/m0/s1. The number of nitrogens with one attached hydrogen (secondary N) is 2. The van der Waals surface area contributed by atoms with E-state index in [1.54, 1.807) is 25.1 Å². The van der Waals surface area contributed by atoms with E-state index >= 15 is 0 Å². The molecule has 6 atom stereocenters. The molecule has 0 amide bonds. The third-order valence-corrected chi connectivity index (χ3v) is 7.01. The fourth-order valence-corrected chi connectivity index (χ4v) is 5.03. The Kier molecular flexibility index (Phi) is 8.63. The molecule has 1 unspecified atom stereocenters. The summed E-state index contributed by atoms with van der Waals surface area (Å²) in [6.45, 7) is 2.58. The van der Waals surface area contributed by atoms with Gasteiger partial charge in [0.1, 0.15) is 25.7 Å². The molecule has 2 heterocycles. The third kappa shape index (κ3) is 6.43. The number of benzene rings is 1. The van der Waals surface area contributed by atoms with Gasteiger partial charge in [0.2, 0.25) is 0 Å². The van der Waals surface area contributed by atoms with E-state index < -0.39 is 60.8 Å². The maximum absolute atomic E-state index is 13.5. The number of carbonyl (C=O) groups excluding carboxylic acids is 1. The number of alkyl halides is 1. The summed E-state index contributed by atoms with van der Waals surface area (Å²) in [4.78, 5) is 37.6. The molecule has 35 heavy (non-hydrogen) atoms. The number of aromatic nitrogens is 2. The molecule has 2 aromatic rings. The maximum Gasteiger partial charge on any atom is 0.459 e. The van der Waals surface area contributed by atoms with E-state index in [4.69, 9.17) is 38.0 Å². The summed E-state index contributed by atoms with van der Waals surface area (Å²) in [5.41, 5.74) is -1.52. The van der Waals surface area contributed by atoms with Crippen molar-refractivity contribution < 1.29 is 33.0 Å². The quantitative estimate of drug-likeness (QED) is 0.173. The number of aromatic amines is 1. The largest absolute Gasteiger partial charge is 0.465 e. The maximum atomic E-state index is 13.5. The average molecular weight is 528 g/mol. The summed E-state index contributed by atoms with van der Waals surface area (Å²) in [5, 5.41) is 13.1. The van der Waals surface area contributed by atoms with E-state index in [9.17, 15) is 24.1 Å². The Morgan fingerprint density at radius 2 is 2.06 bits per heavy atom. The highest BCUT2D eigenvalue weighted by molar-refractivity contribution is 7.52. The predicted octanol–water partition coefficient (Wildman–Crippen LogP) is 0.643. The first-order valence-electron chi connectivity index (χ1n) is 10.5. The van der Waals surface area contributed by atoms with Gasteiger partial charge in [0, 0.05) is 12.3 Å². The number of aliphatic hydroxyl groups excluding tert-OH is 1. The lowest BCUT2D eigenvalue weighted by molar-refractivity contribution is -0.144. The van der Waals surface area contributed by atoms with Gasteiger partial charge in [0.05, 0.1) is 24.1 Å². The van der Waals surface area contributed by atoms with E-state index in [1.165, 1.54) is 19.1 Å². The van der Waals surface area contributed by atoms with Gasteiger partial charge in [0.15, 0.2) is 6.23 Å². The molecule has 0 saturated carbocycles. The molecule has 1 aromatic carbocycles. The van der Waals surface area contributed by atoms with E-state index in [2.05, 4.69) is 5.09 Å². The fourth-order valence-electron chi connectivity index (χ4n) is 3.24. The minimum Gasteiger partial charge on any atom is -0.465 e. The second-order valence-electron chi connectivity index (χ2n) is 7.62. The molecule has 1 saturated heterocycles. The molecule has 15 heteroatoms. The highest BCUT2D eigenvalue weighted by atomic mass is 35.5. The fraction of sp³-hybridized carbons (Fsp3) is 0.450. The van der Waals surface area contributed by atoms with Crippen LogP contribution in [0.2, 0.25) is 0 Å².